The number of pyridine rings is 1. The summed E-state index contributed by atoms with van der Waals surface area (Å²) in [6.07, 6.45) is 1.62. The van der Waals surface area contributed by atoms with E-state index >= 15 is 0 Å². The Morgan fingerprint density at radius 3 is 3.44 bits per heavy atom. The molecule has 0 saturated heterocycles. The van der Waals surface area contributed by atoms with Gasteiger partial charge in [-0.15, -0.1) is 0 Å². The zero-order valence-electron chi connectivity index (χ0n) is 4.63. The molecule has 0 saturated carbocycles. The summed E-state index contributed by atoms with van der Waals surface area (Å²) in [4.78, 5) is 3.88. The fourth-order valence-corrected chi connectivity index (χ4v) is 0.689. The van der Waals surface area contributed by atoms with E-state index < -0.39 is 0 Å². The predicted octanol–water partition coefficient (Wildman–Crippen LogP) is 0.610. The van der Waals surface area contributed by atoms with Crippen molar-refractivity contribution in [2.24, 2.45) is 0 Å². The van der Waals surface area contributed by atoms with E-state index in [0.717, 1.165) is 0 Å². The van der Waals surface area contributed by atoms with E-state index in [2.05, 4.69) is 11.1 Å². The minimum atomic E-state index is 0.267. The van der Waals surface area contributed by atoms with E-state index in [9.17, 15) is 0 Å². The molecule has 1 aliphatic rings. The number of nitrogens with zero attached hydrogens (tertiary/aromatic N) is 1. The number of rotatable bonds is 0. The minimum absolute atomic E-state index is 0.267. The molecule has 0 aliphatic carbocycles. The fraction of sp³-hybridized carbons (Fsp3) is 0.167. The third kappa shape index (κ3) is 0.614. The predicted molar refractivity (Wildman–Crippen MR) is 29.2 cm³/mol. The van der Waals surface area contributed by atoms with Crippen LogP contribution in [0.5, 0.6) is 11.6 Å². The van der Waals surface area contributed by atoms with Crippen molar-refractivity contribution in [2.45, 2.75) is 0 Å². The van der Waals surface area contributed by atoms with Crippen molar-refractivity contribution in [1.29, 1.82) is 0 Å². The molecule has 0 fully saturated rings. The molecule has 0 amide bonds. The monoisotopic (exact) mass is 122 g/mol. The van der Waals surface area contributed by atoms with E-state index in [1.165, 1.54) is 0 Å². The van der Waals surface area contributed by atoms with Crippen molar-refractivity contribution in [3.05, 3.63) is 18.3 Å². The summed E-state index contributed by atoms with van der Waals surface area (Å²) >= 11 is 0. The van der Waals surface area contributed by atoms with Crippen molar-refractivity contribution in [1.82, 2.24) is 4.98 Å². The van der Waals surface area contributed by atoms with E-state index in [-0.39, 0.29) is 6.79 Å². The molecule has 1 aliphatic heterocycles. The van der Waals surface area contributed by atoms with Gasteiger partial charge in [0.15, 0.2) is 5.75 Å². The van der Waals surface area contributed by atoms with Crippen molar-refractivity contribution >= 4 is 0 Å². The topological polar surface area (TPSA) is 31.4 Å². The maximum absolute atomic E-state index is 4.96. The normalized spacial score (nSPS) is 13.8. The third-order valence-corrected chi connectivity index (χ3v) is 1.07. The Hall–Kier alpha value is -1.25. The first-order valence-electron chi connectivity index (χ1n) is 2.59. The molecule has 3 nitrogen and oxygen atoms in total. The summed E-state index contributed by atoms with van der Waals surface area (Å²) in [6.45, 7) is 0.267. The highest BCUT2D eigenvalue weighted by Gasteiger charge is 2.12. The Morgan fingerprint density at radius 1 is 1.56 bits per heavy atom. The van der Waals surface area contributed by atoms with Crippen LogP contribution in [0, 0.1) is 6.07 Å². The lowest BCUT2D eigenvalue weighted by atomic mass is 10.4. The Morgan fingerprint density at radius 2 is 2.56 bits per heavy atom. The highest BCUT2D eigenvalue weighted by Crippen LogP contribution is 2.26. The maximum atomic E-state index is 4.96. The summed E-state index contributed by atoms with van der Waals surface area (Å²) < 4.78 is 9.89. The fourth-order valence-electron chi connectivity index (χ4n) is 0.689. The van der Waals surface area contributed by atoms with Crippen LogP contribution in [0.1, 0.15) is 0 Å². The van der Waals surface area contributed by atoms with Crippen LogP contribution in [0.15, 0.2) is 12.3 Å². The summed E-state index contributed by atoms with van der Waals surface area (Å²) in [5.74, 6) is 1.15. The zero-order chi connectivity index (χ0) is 6.10. The lowest BCUT2D eigenvalue weighted by Gasteiger charge is -1.87. The van der Waals surface area contributed by atoms with Gasteiger partial charge in [-0.2, -0.15) is 0 Å². The summed E-state index contributed by atoms with van der Waals surface area (Å²) in [7, 11) is 0. The lowest BCUT2D eigenvalue weighted by Crippen LogP contribution is -1.93. The summed E-state index contributed by atoms with van der Waals surface area (Å²) in [5, 5.41) is 0. The highest BCUT2D eigenvalue weighted by atomic mass is 16.7. The molecule has 1 aromatic rings. The van der Waals surface area contributed by atoms with Gasteiger partial charge in [-0.25, -0.2) is 4.98 Å². The smallest absolute Gasteiger partial charge is 0.260 e. The molecule has 0 unspecified atom stereocenters. The van der Waals surface area contributed by atoms with Gasteiger partial charge in [0, 0.05) is 12.3 Å². The minimum Gasteiger partial charge on any atom is -0.451 e. The number of ether oxygens (including phenoxy) is 2. The van der Waals surface area contributed by atoms with Gasteiger partial charge in [0.1, 0.15) is 0 Å². The molecule has 0 atom stereocenters. The van der Waals surface area contributed by atoms with Crippen molar-refractivity contribution in [3.63, 3.8) is 0 Å². The van der Waals surface area contributed by atoms with Crippen molar-refractivity contribution in [2.75, 3.05) is 6.79 Å². The second kappa shape index (κ2) is 1.62. The van der Waals surface area contributed by atoms with Gasteiger partial charge in [-0.1, -0.05) is 0 Å². The molecule has 0 bridgehead atoms. The Labute approximate surface area is 52.2 Å². The molecule has 1 radical (unpaired) electrons. The molecule has 0 spiro atoms. The van der Waals surface area contributed by atoms with Crippen LogP contribution in [0.3, 0.4) is 0 Å². The van der Waals surface area contributed by atoms with Gasteiger partial charge in [0.2, 0.25) is 6.79 Å². The van der Waals surface area contributed by atoms with Gasteiger partial charge < -0.3 is 9.47 Å². The largest absolute Gasteiger partial charge is 0.451 e. The van der Waals surface area contributed by atoms with Crippen LogP contribution in [0.2, 0.25) is 0 Å². The number of aromatic nitrogens is 1. The van der Waals surface area contributed by atoms with Crippen LogP contribution in [-0.4, -0.2) is 11.8 Å². The van der Waals surface area contributed by atoms with Gasteiger partial charge in [0.25, 0.3) is 5.88 Å². The first kappa shape index (κ1) is 4.61. The average molecular weight is 122 g/mol. The maximum Gasteiger partial charge on any atom is 0.260 e. The van der Waals surface area contributed by atoms with Crippen molar-refractivity contribution in [3.8, 4) is 11.6 Å². The molecule has 2 heterocycles. The molecule has 1 aromatic heterocycles. The second-order valence-corrected chi connectivity index (χ2v) is 1.63. The zero-order valence-corrected chi connectivity index (χ0v) is 4.63. The van der Waals surface area contributed by atoms with E-state index in [4.69, 9.17) is 9.47 Å². The van der Waals surface area contributed by atoms with Gasteiger partial charge in [-0.3, -0.25) is 0 Å². The Bertz CT molecular complexity index is 201. The molecule has 0 N–H and O–H groups in total. The Balaban J connectivity index is 2.54. The van der Waals surface area contributed by atoms with Gasteiger partial charge in [-0.05, 0) is 6.07 Å². The number of hydrogen-bond acceptors (Lipinski definition) is 3. The SMILES string of the molecule is [c]1ccnc2c1OCO2. The molecule has 3 heteroatoms. The highest BCUT2D eigenvalue weighted by molar-refractivity contribution is 5.32. The number of hydrogen-bond donors (Lipinski definition) is 0. The van der Waals surface area contributed by atoms with E-state index in [0.29, 0.717) is 11.6 Å². The van der Waals surface area contributed by atoms with Crippen LogP contribution >= 0.6 is 0 Å². The van der Waals surface area contributed by atoms with Gasteiger partial charge >= 0.3 is 0 Å². The molecular formula is C6H4NO2. The number of fused-ring (bicyclic) bond motifs is 1. The van der Waals surface area contributed by atoms with Crippen molar-refractivity contribution < 1.29 is 9.47 Å². The standard InChI is InChI=1S/C6H4NO2/c1-2-5-6(7-3-1)9-4-8-5/h1,3H,4H2. The first-order valence-corrected chi connectivity index (χ1v) is 2.59. The Kier molecular flexibility index (Phi) is 0.828. The van der Waals surface area contributed by atoms with Crippen LogP contribution in [0.4, 0.5) is 0 Å². The molecule has 9 heavy (non-hydrogen) atoms. The second-order valence-electron chi connectivity index (χ2n) is 1.63. The van der Waals surface area contributed by atoms with Crippen LogP contribution in [0.25, 0.3) is 0 Å². The van der Waals surface area contributed by atoms with Crippen LogP contribution < -0.4 is 9.47 Å². The average Bonchev–Trinajstić information content (AvgIpc) is 2.33. The van der Waals surface area contributed by atoms with E-state index in [1.807, 2.05) is 0 Å². The summed E-state index contributed by atoms with van der Waals surface area (Å²) in [6, 6.07) is 4.53. The summed E-state index contributed by atoms with van der Waals surface area (Å²) in [5.41, 5.74) is 0. The lowest BCUT2D eigenvalue weighted by molar-refractivity contribution is 0.171. The van der Waals surface area contributed by atoms with Crippen LogP contribution in [-0.2, 0) is 0 Å². The molecule has 2 rings (SSSR count). The van der Waals surface area contributed by atoms with E-state index in [1.54, 1.807) is 12.3 Å². The third-order valence-electron chi connectivity index (χ3n) is 1.07. The first-order chi connectivity index (χ1) is 4.47. The molecule has 0 aromatic carbocycles. The van der Waals surface area contributed by atoms with Gasteiger partial charge in [0.05, 0.1) is 0 Å². The molecule has 45 valence electrons. The molecular weight excluding hydrogens is 118 g/mol. The quantitative estimate of drug-likeness (QED) is 0.505.